The molecule has 4 fully saturated rings. The van der Waals surface area contributed by atoms with Crippen LogP contribution >= 0.6 is 11.6 Å². The molecule has 4 heterocycles. The summed E-state index contributed by atoms with van der Waals surface area (Å²) in [7, 11) is 2.16. The number of likely N-dealkylation sites (N-methyl/N-ethyl adjacent to an activating group) is 1. The van der Waals surface area contributed by atoms with Crippen LogP contribution in [0.25, 0.3) is 0 Å². The number of carbonyl (C=O) groups is 1. The van der Waals surface area contributed by atoms with Gasteiger partial charge in [0.15, 0.2) is 0 Å². The second-order valence-electron chi connectivity index (χ2n) is 9.34. The summed E-state index contributed by atoms with van der Waals surface area (Å²) in [6.45, 7) is 6.06. The third kappa shape index (κ3) is 6.27. The van der Waals surface area contributed by atoms with Gasteiger partial charge in [0.1, 0.15) is 0 Å². The first kappa shape index (κ1) is 23.6. The molecule has 0 aromatic carbocycles. The van der Waals surface area contributed by atoms with Crippen LogP contribution in [0, 0.1) is 11.8 Å². The van der Waals surface area contributed by atoms with E-state index in [1.165, 1.54) is 0 Å². The van der Waals surface area contributed by atoms with Crippen LogP contribution in [0.5, 0.6) is 0 Å². The lowest BCUT2D eigenvalue weighted by Crippen LogP contribution is -2.58. The molecule has 4 aliphatic heterocycles. The molecule has 0 aromatic rings. The largest absolute Gasteiger partial charge is 0.356 e. The van der Waals surface area contributed by atoms with Gasteiger partial charge in [-0.15, -0.1) is 11.6 Å². The average molecular weight is 458 g/mol. The summed E-state index contributed by atoms with van der Waals surface area (Å²) in [4.78, 5) is 15.1. The molecule has 0 saturated carbocycles. The van der Waals surface area contributed by atoms with E-state index in [1.807, 2.05) is 0 Å². The monoisotopic (exact) mass is 457 g/mol. The molecule has 0 bridgehead atoms. The van der Waals surface area contributed by atoms with Gasteiger partial charge in [-0.1, -0.05) is 0 Å². The molecule has 4 aliphatic rings. The highest BCUT2D eigenvalue weighted by atomic mass is 35.5. The quantitative estimate of drug-likeness (QED) is 0.202. The van der Waals surface area contributed by atoms with E-state index in [-0.39, 0.29) is 35.7 Å². The molecule has 4 rings (SSSR count). The minimum absolute atomic E-state index is 0.0494. The molecular formula is C20H40ClN9O. The highest BCUT2D eigenvalue weighted by molar-refractivity contribution is 6.21. The number of nitrogens with one attached hydrogen (secondary N) is 8. The number of amides is 1. The van der Waals surface area contributed by atoms with Crippen molar-refractivity contribution < 1.29 is 4.79 Å². The number of nitrogens with zero attached hydrogens (tertiary/aromatic N) is 1. The first-order chi connectivity index (χ1) is 15.1. The van der Waals surface area contributed by atoms with Gasteiger partial charge in [0.05, 0.1) is 23.9 Å². The lowest BCUT2D eigenvalue weighted by atomic mass is 9.93. The predicted octanol–water partition coefficient (Wildman–Crippen LogP) is -2.16. The molecule has 4 saturated heterocycles. The zero-order chi connectivity index (χ0) is 21.6. The zero-order valence-corrected chi connectivity index (χ0v) is 19.3. The van der Waals surface area contributed by atoms with E-state index < -0.39 is 0 Å². The van der Waals surface area contributed by atoms with Crippen molar-refractivity contribution in [3.8, 4) is 0 Å². The highest BCUT2D eigenvalue weighted by Gasteiger charge is 2.36. The smallest absolute Gasteiger partial charge is 0.223 e. The SMILES string of the molecule is CN1C(CNC2CC(C(=O)NCC3CCNCC3Cl)CCN2)NNC1C1CCNCN1. The lowest BCUT2D eigenvalue weighted by molar-refractivity contribution is -0.126. The molecule has 7 atom stereocenters. The molecule has 0 aromatic heterocycles. The first-order valence-electron chi connectivity index (χ1n) is 11.9. The van der Waals surface area contributed by atoms with Crippen molar-refractivity contribution in [3.63, 3.8) is 0 Å². The molecule has 0 spiro atoms. The Morgan fingerprint density at radius 1 is 1.06 bits per heavy atom. The van der Waals surface area contributed by atoms with Crippen molar-refractivity contribution in [2.45, 2.75) is 55.6 Å². The Morgan fingerprint density at radius 3 is 2.74 bits per heavy atom. The Morgan fingerprint density at radius 2 is 1.94 bits per heavy atom. The fourth-order valence-corrected chi connectivity index (χ4v) is 5.45. The van der Waals surface area contributed by atoms with Crippen LogP contribution in [-0.2, 0) is 4.79 Å². The molecule has 11 heteroatoms. The van der Waals surface area contributed by atoms with E-state index in [0.717, 1.165) is 65.1 Å². The number of halogens is 1. The number of piperidine rings is 2. The van der Waals surface area contributed by atoms with Gasteiger partial charge in [-0.25, -0.2) is 10.9 Å². The van der Waals surface area contributed by atoms with Crippen molar-refractivity contribution >= 4 is 17.5 Å². The number of hydrogen-bond acceptors (Lipinski definition) is 9. The standard InChI is InChI=1S/C20H40ClN9O/c1-30-18(28-29-19(30)16-4-6-23-12-27-16)11-25-17-8-13(3-7-24-17)20(31)26-9-14-2-5-22-10-15(14)21/h13-19,22-25,27-29H,2-12H2,1H3,(H,26,31). The van der Waals surface area contributed by atoms with Gasteiger partial charge < -0.3 is 21.3 Å². The topological polar surface area (TPSA) is 117 Å². The van der Waals surface area contributed by atoms with Gasteiger partial charge in [0, 0.05) is 38.3 Å². The third-order valence-electron chi connectivity index (χ3n) is 7.24. The second-order valence-corrected chi connectivity index (χ2v) is 9.90. The van der Waals surface area contributed by atoms with Crippen molar-refractivity contribution in [1.29, 1.82) is 0 Å². The van der Waals surface area contributed by atoms with Gasteiger partial charge in [0.25, 0.3) is 0 Å². The van der Waals surface area contributed by atoms with Crippen LogP contribution in [0.2, 0.25) is 0 Å². The number of alkyl halides is 1. The van der Waals surface area contributed by atoms with Crippen LogP contribution in [0.15, 0.2) is 0 Å². The van der Waals surface area contributed by atoms with Crippen molar-refractivity contribution in [1.82, 2.24) is 47.7 Å². The molecule has 1 amide bonds. The fraction of sp³-hybridized carbons (Fsp3) is 0.950. The summed E-state index contributed by atoms with van der Waals surface area (Å²) in [5.41, 5.74) is 6.85. The minimum atomic E-state index is 0.0494. The maximum atomic E-state index is 12.8. The van der Waals surface area contributed by atoms with Gasteiger partial charge in [-0.3, -0.25) is 20.3 Å². The molecule has 31 heavy (non-hydrogen) atoms. The lowest BCUT2D eigenvalue weighted by Gasteiger charge is -2.35. The normalized spacial score (nSPS) is 40.0. The minimum Gasteiger partial charge on any atom is -0.356 e. The molecule has 0 aliphatic carbocycles. The van der Waals surface area contributed by atoms with E-state index in [0.29, 0.717) is 18.5 Å². The van der Waals surface area contributed by atoms with Crippen LogP contribution < -0.4 is 42.8 Å². The van der Waals surface area contributed by atoms with Crippen LogP contribution in [-0.4, -0.2) is 93.7 Å². The van der Waals surface area contributed by atoms with Gasteiger partial charge in [0.2, 0.25) is 5.91 Å². The Labute approximate surface area is 190 Å². The molecule has 7 unspecified atom stereocenters. The Kier molecular flexibility index (Phi) is 8.78. The zero-order valence-electron chi connectivity index (χ0n) is 18.6. The Balaban J connectivity index is 1.18. The van der Waals surface area contributed by atoms with Gasteiger partial charge in [-0.05, 0) is 58.3 Å². The van der Waals surface area contributed by atoms with Crippen molar-refractivity contribution in [2.24, 2.45) is 11.8 Å². The number of hydrogen-bond donors (Lipinski definition) is 8. The third-order valence-corrected chi connectivity index (χ3v) is 7.75. The van der Waals surface area contributed by atoms with Crippen LogP contribution in [0.1, 0.15) is 25.7 Å². The Hall–Kier alpha value is -0.560. The van der Waals surface area contributed by atoms with E-state index in [4.69, 9.17) is 11.6 Å². The maximum absolute atomic E-state index is 12.8. The summed E-state index contributed by atoms with van der Waals surface area (Å²) < 4.78 is 0. The van der Waals surface area contributed by atoms with Crippen molar-refractivity contribution in [3.05, 3.63) is 0 Å². The summed E-state index contributed by atoms with van der Waals surface area (Å²) in [5.74, 6) is 0.584. The summed E-state index contributed by atoms with van der Waals surface area (Å²) in [6, 6.07) is 0.428. The number of carbonyl (C=O) groups excluding carboxylic acids is 1. The number of hydrazine groups is 1. The fourth-order valence-electron chi connectivity index (χ4n) is 5.13. The first-order valence-corrected chi connectivity index (χ1v) is 12.3. The summed E-state index contributed by atoms with van der Waals surface area (Å²) >= 11 is 6.39. The second kappa shape index (κ2) is 11.5. The molecule has 178 valence electrons. The Bertz CT molecular complexity index is 579. The molecule has 10 nitrogen and oxygen atoms in total. The maximum Gasteiger partial charge on any atom is 0.223 e. The summed E-state index contributed by atoms with van der Waals surface area (Å²) in [5, 5.41) is 20.6. The van der Waals surface area contributed by atoms with Crippen LogP contribution in [0.4, 0.5) is 0 Å². The van der Waals surface area contributed by atoms with Crippen molar-refractivity contribution in [2.75, 3.05) is 53.0 Å². The average Bonchev–Trinajstić information content (AvgIpc) is 3.18. The molecule has 8 N–H and O–H groups in total. The predicted molar refractivity (Wildman–Crippen MR) is 122 cm³/mol. The van der Waals surface area contributed by atoms with E-state index in [1.54, 1.807) is 0 Å². The highest BCUT2D eigenvalue weighted by Crippen LogP contribution is 2.19. The van der Waals surface area contributed by atoms with E-state index in [9.17, 15) is 4.79 Å². The van der Waals surface area contributed by atoms with Crippen LogP contribution in [0.3, 0.4) is 0 Å². The molecular weight excluding hydrogens is 418 g/mol. The summed E-state index contributed by atoms with van der Waals surface area (Å²) in [6.07, 6.45) is 4.45. The molecule has 0 radical (unpaired) electrons. The number of rotatable bonds is 7. The van der Waals surface area contributed by atoms with E-state index >= 15 is 0 Å². The van der Waals surface area contributed by atoms with Gasteiger partial charge >= 0.3 is 0 Å². The van der Waals surface area contributed by atoms with E-state index in [2.05, 4.69) is 54.7 Å². The van der Waals surface area contributed by atoms with Gasteiger partial charge in [-0.2, -0.15) is 0 Å².